The van der Waals surface area contributed by atoms with E-state index in [1.807, 2.05) is 6.07 Å². The quantitative estimate of drug-likeness (QED) is 0.677. The van der Waals surface area contributed by atoms with Crippen molar-refractivity contribution in [2.75, 3.05) is 0 Å². The zero-order valence-corrected chi connectivity index (χ0v) is 12.4. The van der Waals surface area contributed by atoms with Crippen molar-refractivity contribution in [3.8, 4) is 0 Å². The number of imide groups is 1. The highest BCUT2D eigenvalue weighted by Gasteiger charge is 2.38. The molecule has 23 heavy (non-hydrogen) atoms. The summed E-state index contributed by atoms with van der Waals surface area (Å²) in [5, 5.41) is 1.13. The van der Waals surface area contributed by atoms with Crippen LogP contribution in [0.3, 0.4) is 0 Å². The molecule has 2 amide bonds. The van der Waals surface area contributed by atoms with Crippen LogP contribution in [-0.4, -0.2) is 27.2 Å². The summed E-state index contributed by atoms with van der Waals surface area (Å²) >= 11 is 1.25. The first-order chi connectivity index (χ1) is 11.2. The summed E-state index contributed by atoms with van der Waals surface area (Å²) in [5.41, 5.74) is 0.703. The number of nitrogens with zero attached hydrogens (tertiary/aromatic N) is 2. The topological polar surface area (TPSA) is 76.6 Å². The van der Waals surface area contributed by atoms with Crippen molar-refractivity contribution in [2.24, 2.45) is 0 Å². The van der Waals surface area contributed by atoms with Crippen LogP contribution >= 0.6 is 11.5 Å². The van der Waals surface area contributed by atoms with Crippen molar-refractivity contribution < 1.29 is 19.2 Å². The normalized spacial score (nSPS) is 13.5. The molecule has 0 saturated heterocycles. The van der Waals surface area contributed by atoms with Crippen molar-refractivity contribution in [1.29, 1.82) is 0 Å². The molecule has 3 aromatic rings. The molecule has 1 aromatic heterocycles. The highest BCUT2D eigenvalue weighted by atomic mass is 32.1. The molecule has 1 aliphatic heterocycles. The number of fused-ring (bicyclic) bond motifs is 2. The Kier molecular flexibility index (Phi) is 2.95. The van der Waals surface area contributed by atoms with Crippen molar-refractivity contribution in [3.63, 3.8) is 0 Å². The van der Waals surface area contributed by atoms with Gasteiger partial charge in [0, 0.05) is 11.6 Å². The Hall–Kier alpha value is -3.06. The molecule has 1 aliphatic rings. The molecule has 7 heteroatoms. The molecule has 0 aliphatic carbocycles. The van der Waals surface area contributed by atoms with E-state index in [0.29, 0.717) is 10.4 Å². The molecular formula is C16H8N2O4S. The lowest BCUT2D eigenvalue weighted by atomic mass is 10.1. The standard InChI is InChI=1S/C16H8N2O4S/c19-14-9-4-1-2-5-10(9)15(20)18(14)22-16(21)11-6-3-7-13-12(11)8-17-23-13/h1-8H. The van der Waals surface area contributed by atoms with Gasteiger partial charge in [0.15, 0.2) is 0 Å². The average molecular weight is 324 g/mol. The second kappa shape index (κ2) is 4.99. The van der Waals surface area contributed by atoms with E-state index >= 15 is 0 Å². The van der Waals surface area contributed by atoms with Crippen LogP contribution < -0.4 is 0 Å². The number of hydrogen-bond donors (Lipinski definition) is 0. The van der Waals surface area contributed by atoms with E-state index in [-0.39, 0.29) is 16.7 Å². The fraction of sp³-hybridized carbons (Fsp3) is 0. The smallest absolute Gasteiger partial charge is 0.324 e. The van der Waals surface area contributed by atoms with Gasteiger partial charge in [0.1, 0.15) is 0 Å². The minimum atomic E-state index is -0.773. The Morgan fingerprint density at radius 1 is 1.00 bits per heavy atom. The first-order valence-corrected chi connectivity index (χ1v) is 7.47. The number of rotatable bonds is 2. The molecular weight excluding hydrogens is 316 g/mol. The molecule has 0 spiro atoms. The number of carbonyl (C=O) groups excluding carboxylic acids is 3. The Labute approximate surface area is 134 Å². The molecule has 0 radical (unpaired) electrons. The maximum absolute atomic E-state index is 12.4. The summed E-state index contributed by atoms with van der Waals surface area (Å²) in [6.07, 6.45) is 1.55. The van der Waals surface area contributed by atoms with Crippen LogP contribution in [0, 0.1) is 0 Å². The van der Waals surface area contributed by atoms with Gasteiger partial charge < -0.3 is 4.84 Å². The van der Waals surface area contributed by atoms with E-state index in [4.69, 9.17) is 4.84 Å². The lowest BCUT2D eigenvalue weighted by Crippen LogP contribution is -2.32. The van der Waals surface area contributed by atoms with E-state index in [2.05, 4.69) is 4.37 Å². The lowest BCUT2D eigenvalue weighted by Gasteiger charge is -2.12. The summed E-state index contributed by atoms with van der Waals surface area (Å²) in [5.74, 6) is -2.06. The van der Waals surface area contributed by atoms with Gasteiger partial charge in [-0.1, -0.05) is 23.3 Å². The zero-order valence-electron chi connectivity index (χ0n) is 11.6. The van der Waals surface area contributed by atoms with Crippen molar-refractivity contribution in [3.05, 3.63) is 65.4 Å². The maximum Gasteiger partial charge on any atom is 0.364 e. The molecule has 2 aromatic carbocycles. The third kappa shape index (κ3) is 2.01. The Balaban J connectivity index is 1.67. The maximum atomic E-state index is 12.4. The third-order valence-corrected chi connectivity index (χ3v) is 4.31. The summed E-state index contributed by atoms with van der Waals surface area (Å²) < 4.78 is 4.85. The van der Waals surface area contributed by atoms with Gasteiger partial charge in [-0.05, 0) is 35.8 Å². The first kappa shape index (κ1) is 13.6. The third-order valence-electron chi connectivity index (χ3n) is 3.55. The van der Waals surface area contributed by atoms with Gasteiger partial charge in [-0.25, -0.2) is 4.79 Å². The molecule has 0 N–H and O–H groups in total. The molecule has 0 unspecified atom stereocenters. The number of benzene rings is 2. The van der Waals surface area contributed by atoms with Gasteiger partial charge in [0.25, 0.3) is 11.8 Å². The SMILES string of the molecule is O=C(ON1C(=O)c2ccccc2C1=O)c1cccc2sncc12. The molecule has 2 heterocycles. The van der Waals surface area contributed by atoms with Crippen LogP contribution in [0.25, 0.3) is 10.1 Å². The lowest BCUT2D eigenvalue weighted by molar-refractivity contribution is -0.0583. The van der Waals surface area contributed by atoms with E-state index in [1.54, 1.807) is 30.5 Å². The minimum absolute atomic E-state index is 0.223. The average Bonchev–Trinajstić information content (AvgIpc) is 3.14. The summed E-state index contributed by atoms with van der Waals surface area (Å²) in [6.45, 7) is 0. The van der Waals surface area contributed by atoms with Crippen LogP contribution in [-0.2, 0) is 4.84 Å². The zero-order chi connectivity index (χ0) is 16.0. The van der Waals surface area contributed by atoms with Crippen LogP contribution in [0.5, 0.6) is 0 Å². The number of amides is 2. The van der Waals surface area contributed by atoms with E-state index in [9.17, 15) is 14.4 Å². The number of hydrogen-bond acceptors (Lipinski definition) is 6. The second-order valence-corrected chi connectivity index (χ2v) is 5.71. The van der Waals surface area contributed by atoms with Gasteiger partial charge in [-0.2, -0.15) is 4.37 Å². The second-order valence-electron chi connectivity index (χ2n) is 4.87. The molecule has 112 valence electrons. The predicted molar refractivity (Wildman–Crippen MR) is 82.0 cm³/mol. The van der Waals surface area contributed by atoms with Gasteiger partial charge in [-0.3, -0.25) is 9.59 Å². The molecule has 0 fully saturated rings. The number of carbonyl (C=O) groups is 3. The van der Waals surface area contributed by atoms with Crippen molar-refractivity contribution in [1.82, 2.24) is 9.44 Å². The predicted octanol–water partition coefficient (Wildman–Crippen LogP) is 2.66. The first-order valence-electron chi connectivity index (χ1n) is 6.70. The van der Waals surface area contributed by atoms with Crippen molar-refractivity contribution in [2.45, 2.75) is 0 Å². The molecule has 6 nitrogen and oxygen atoms in total. The van der Waals surface area contributed by atoms with Crippen LogP contribution in [0.2, 0.25) is 0 Å². The van der Waals surface area contributed by atoms with E-state index in [1.165, 1.54) is 23.7 Å². The molecule has 4 rings (SSSR count). The van der Waals surface area contributed by atoms with E-state index < -0.39 is 17.8 Å². The largest absolute Gasteiger partial charge is 0.364 e. The fourth-order valence-electron chi connectivity index (χ4n) is 2.45. The van der Waals surface area contributed by atoms with Gasteiger partial charge >= 0.3 is 5.97 Å². The summed E-state index contributed by atoms with van der Waals surface area (Å²) in [4.78, 5) is 41.8. The van der Waals surface area contributed by atoms with Gasteiger partial charge in [-0.15, -0.1) is 0 Å². The van der Waals surface area contributed by atoms with Gasteiger partial charge in [0.2, 0.25) is 0 Å². The van der Waals surface area contributed by atoms with Crippen LogP contribution in [0.4, 0.5) is 0 Å². The summed E-state index contributed by atoms with van der Waals surface area (Å²) in [7, 11) is 0. The van der Waals surface area contributed by atoms with Gasteiger partial charge in [0.05, 0.1) is 21.4 Å². The number of aromatic nitrogens is 1. The Bertz CT molecular complexity index is 944. The highest BCUT2D eigenvalue weighted by molar-refractivity contribution is 7.13. The van der Waals surface area contributed by atoms with Crippen LogP contribution in [0.15, 0.2) is 48.7 Å². The fourth-order valence-corrected chi connectivity index (χ4v) is 3.12. The summed E-state index contributed by atoms with van der Waals surface area (Å²) in [6, 6.07) is 11.4. The Morgan fingerprint density at radius 3 is 2.39 bits per heavy atom. The minimum Gasteiger partial charge on any atom is -0.324 e. The van der Waals surface area contributed by atoms with Crippen molar-refractivity contribution >= 4 is 39.4 Å². The van der Waals surface area contributed by atoms with E-state index in [0.717, 1.165) is 4.70 Å². The number of hydroxylamine groups is 2. The molecule has 0 bridgehead atoms. The molecule has 0 saturated carbocycles. The monoisotopic (exact) mass is 324 g/mol. The Morgan fingerprint density at radius 2 is 1.70 bits per heavy atom. The van der Waals surface area contributed by atoms with Crippen LogP contribution in [0.1, 0.15) is 31.1 Å². The molecule has 0 atom stereocenters. The highest BCUT2D eigenvalue weighted by Crippen LogP contribution is 2.26.